The molecular formula is C22H36BNO4. The molecule has 1 aliphatic carbocycles. The number of alkyl carbamates (subject to hydrolysis) is 1. The van der Waals surface area contributed by atoms with E-state index in [0.29, 0.717) is 5.46 Å². The molecule has 28 heavy (non-hydrogen) atoms. The fourth-order valence-corrected chi connectivity index (χ4v) is 3.42. The normalized spacial score (nSPS) is 16.9. The molecule has 2 rings (SSSR count). The molecule has 1 fully saturated rings. The second-order valence-corrected chi connectivity index (χ2v) is 9.77. The summed E-state index contributed by atoms with van der Waals surface area (Å²) in [5, 5.41) is 13.6. The lowest BCUT2D eigenvalue weighted by Crippen LogP contribution is -2.47. The van der Waals surface area contributed by atoms with Crippen LogP contribution in [0.1, 0.15) is 79.7 Å². The molecule has 156 valence electrons. The van der Waals surface area contributed by atoms with Gasteiger partial charge in [0.1, 0.15) is 5.60 Å². The molecule has 0 aliphatic heterocycles. The molecule has 1 aromatic carbocycles. The molecule has 6 heteroatoms. The molecule has 1 aromatic rings. The van der Waals surface area contributed by atoms with E-state index in [0.717, 1.165) is 31.2 Å². The van der Waals surface area contributed by atoms with Gasteiger partial charge in [-0.1, -0.05) is 51.0 Å². The minimum atomic E-state index is -0.982. The number of ether oxygens (including phenoxy) is 1. The highest BCUT2D eigenvalue weighted by Gasteiger charge is 2.38. The Morgan fingerprint density at radius 2 is 1.64 bits per heavy atom. The van der Waals surface area contributed by atoms with Crippen LogP contribution in [0, 0.1) is 5.92 Å². The molecule has 5 nitrogen and oxygen atoms in total. The summed E-state index contributed by atoms with van der Waals surface area (Å²) in [6, 6.07) is 7.72. The summed E-state index contributed by atoms with van der Waals surface area (Å²) in [7, 11) is -0.982. The number of amides is 1. The molecule has 1 aliphatic rings. The van der Waals surface area contributed by atoms with E-state index in [2.05, 4.69) is 19.2 Å². The number of rotatable bonds is 6. The Hall–Kier alpha value is -1.53. The Morgan fingerprint density at radius 1 is 1.11 bits per heavy atom. The number of benzene rings is 1. The van der Waals surface area contributed by atoms with E-state index in [9.17, 15) is 9.82 Å². The summed E-state index contributed by atoms with van der Waals surface area (Å²) in [5.41, 5.74) is 0.378. The van der Waals surface area contributed by atoms with Crippen molar-refractivity contribution in [3.8, 4) is 0 Å². The van der Waals surface area contributed by atoms with Crippen LogP contribution in [0.2, 0.25) is 0 Å². The van der Waals surface area contributed by atoms with E-state index in [-0.39, 0.29) is 12.0 Å². The van der Waals surface area contributed by atoms with Gasteiger partial charge in [-0.2, -0.15) is 0 Å². The van der Waals surface area contributed by atoms with Crippen molar-refractivity contribution in [3.05, 3.63) is 29.8 Å². The van der Waals surface area contributed by atoms with Crippen LogP contribution in [-0.4, -0.2) is 29.4 Å². The van der Waals surface area contributed by atoms with E-state index in [1.807, 2.05) is 58.9 Å². The molecule has 0 spiro atoms. The van der Waals surface area contributed by atoms with Gasteiger partial charge >= 0.3 is 13.2 Å². The Bertz CT molecular complexity index is 658. The first-order valence-corrected chi connectivity index (χ1v) is 10.3. The number of hydrogen-bond acceptors (Lipinski definition) is 4. The first-order valence-electron chi connectivity index (χ1n) is 10.3. The molecule has 0 aromatic heterocycles. The zero-order chi connectivity index (χ0) is 21.2. The molecule has 1 saturated carbocycles. The molecule has 0 atom stereocenters. The quantitative estimate of drug-likeness (QED) is 0.719. The Kier molecular flexibility index (Phi) is 6.88. The van der Waals surface area contributed by atoms with Crippen molar-refractivity contribution in [1.82, 2.24) is 5.32 Å². The van der Waals surface area contributed by atoms with Crippen molar-refractivity contribution in [2.24, 2.45) is 5.92 Å². The fraction of sp³-hybridized carbons (Fsp3) is 0.682. The minimum Gasteiger partial charge on any atom is -0.444 e. The molecule has 2 N–H and O–H groups in total. The van der Waals surface area contributed by atoms with Crippen LogP contribution < -0.4 is 10.8 Å². The third kappa shape index (κ3) is 5.74. The van der Waals surface area contributed by atoms with E-state index in [1.54, 1.807) is 0 Å². The zero-order valence-corrected chi connectivity index (χ0v) is 18.5. The molecule has 0 bridgehead atoms. The van der Waals surface area contributed by atoms with E-state index in [4.69, 9.17) is 9.39 Å². The molecule has 0 heterocycles. The summed E-state index contributed by atoms with van der Waals surface area (Å²) >= 11 is 0. The van der Waals surface area contributed by atoms with Gasteiger partial charge in [0.05, 0.1) is 11.1 Å². The van der Waals surface area contributed by atoms with Gasteiger partial charge < -0.3 is 19.7 Å². The summed E-state index contributed by atoms with van der Waals surface area (Å²) in [6.45, 7) is 13.7. The number of carbonyl (C=O) groups is 1. The van der Waals surface area contributed by atoms with Gasteiger partial charge in [-0.05, 0) is 64.4 Å². The van der Waals surface area contributed by atoms with Gasteiger partial charge in [-0.25, -0.2) is 4.79 Å². The largest absolute Gasteiger partial charge is 0.491 e. The Morgan fingerprint density at radius 3 is 2.11 bits per heavy atom. The fourth-order valence-electron chi connectivity index (χ4n) is 3.42. The van der Waals surface area contributed by atoms with Crippen molar-refractivity contribution < 1.29 is 19.2 Å². The highest BCUT2D eigenvalue weighted by molar-refractivity contribution is 6.60. The van der Waals surface area contributed by atoms with Gasteiger partial charge in [0.15, 0.2) is 0 Å². The first-order chi connectivity index (χ1) is 12.8. The van der Waals surface area contributed by atoms with Gasteiger partial charge in [0, 0.05) is 0 Å². The molecule has 0 saturated heterocycles. The summed E-state index contributed by atoms with van der Waals surface area (Å²) in [4.78, 5) is 12.4. The summed E-state index contributed by atoms with van der Waals surface area (Å²) in [6.07, 6.45) is 3.49. The van der Waals surface area contributed by atoms with E-state index in [1.165, 1.54) is 0 Å². The lowest BCUT2D eigenvalue weighted by molar-refractivity contribution is 0.0421. The number of hydrogen-bond donors (Lipinski definition) is 2. The van der Waals surface area contributed by atoms with Crippen LogP contribution in [0.4, 0.5) is 4.79 Å². The average Bonchev–Trinajstić information content (AvgIpc) is 3.02. The smallest absolute Gasteiger partial charge is 0.444 e. The molecular weight excluding hydrogens is 353 g/mol. The van der Waals surface area contributed by atoms with Gasteiger partial charge in [-0.3, -0.25) is 0 Å². The Labute approximate surface area is 170 Å². The second-order valence-electron chi connectivity index (χ2n) is 9.77. The predicted molar refractivity (Wildman–Crippen MR) is 114 cm³/mol. The van der Waals surface area contributed by atoms with Gasteiger partial charge in [0.25, 0.3) is 0 Å². The third-order valence-electron chi connectivity index (χ3n) is 5.75. The molecule has 0 unspecified atom stereocenters. The summed E-state index contributed by atoms with van der Waals surface area (Å²) in [5.74, 6) is 0.279. The number of nitrogens with one attached hydrogen (secondary N) is 1. The first kappa shape index (κ1) is 22.8. The highest BCUT2D eigenvalue weighted by atomic mass is 16.6. The van der Waals surface area contributed by atoms with Crippen LogP contribution in [-0.2, 0) is 14.9 Å². The Balaban J connectivity index is 2.15. The monoisotopic (exact) mass is 389 g/mol. The van der Waals surface area contributed by atoms with Gasteiger partial charge in [-0.15, -0.1) is 0 Å². The van der Waals surface area contributed by atoms with Crippen molar-refractivity contribution in [1.29, 1.82) is 0 Å². The zero-order valence-electron chi connectivity index (χ0n) is 18.5. The maximum atomic E-state index is 12.4. The minimum absolute atomic E-state index is 0.279. The van der Waals surface area contributed by atoms with Crippen molar-refractivity contribution in [2.75, 3.05) is 0 Å². The van der Waals surface area contributed by atoms with Crippen LogP contribution in [0.5, 0.6) is 0 Å². The van der Waals surface area contributed by atoms with Crippen molar-refractivity contribution in [2.45, 2.75) is 90.9 Å². The highest BCUT2D eigenvalue weighted by Crippen LogP contribution is 2.38. The average molecular weight is 389 g/mol. The van der Waals surface area contributed by atoms with Gasteiger partial charge in [0.2, 0.25) is 0 Å². The maximum Gasteiger partial charge on any atom is 0.491 e. The maximum absolute atomic E-state index is 12.4. The standard InChI is InChI=1S/C22H36BNO4/c1-16(2)21(6,7)28-23(26)18-12-10-17(11-13-18)22(14-8-9-15-22)24-19(25)27-20(3,4)5/h10-13,16,26H,8-9,14-15H2,1-7H3,(H,24,25). The number of carbonyl (C=O) groups excluding carboxylic acids is 1. The van der Waals surface area contributed by atoms with E-state index >= 15 is 0 Å². The lowest BCUT2D eigenvalue weighted by Gasteiger charge is -2.33. The predicted octanol–water partition coefficient (Wildman–Crippen LogP) is 4.12. The summed E-state index contributed by atoms with van der Waals surface area (Å²) < 4.78 is 11.3. The second kappa shape index (κ2) is 8.46. The molecule has 0 radical (unpaired) electrons. The molecule has 1 amide bonds. The van der Waals surface area contributed by atoms with E-state index < -0.39 is 23.9 Å². The van der Waals surface area contributed by atoms with Crippen LogP contribution in [0.3, 0.4) is 0 Å². The third-order valence-corrected chi connectivity index (χ3v) is 5.75. The van der Waals surface area contributed by atoms with Crippen LogP contribution in [0.25, 0.3) is 0 Å². The van der Waals surface area contributed by atoms with Crippen molar-refractivity contribution >= 4 is 18.7 Å². The van der Waals surface area contributed by atoms with Crippen LogP contribution >= 0.6 is 0 Å². The lowest BCUT2D eigenvalue weighted by atomic mass is 9.76. The van der Waals surface area contributed by atoms with Crippen LogP contribution in [0.15, 0.2) is 24.3 Å². The van der Waals surface area contributed by atoms with Crippen molar-refractivity contribution in [3.63, 3.8) is 0 Å². The topological polar surface area (TPSA) is 67.8 Å². The SMILES string of the molecule is CC(C)C(C)(C)OB(O)c1ccc(C2(NC(=O)OC(C)(C)C)CCCC2)cc1.